The van der Waals surface area contributed by atoms with E-state index in [0.717, 1.165) is 17.3 Å². The Balaban J connectivity index is 1.55. The van der Waals surface area contributed by atoms with Crippen molar-refractivity contribution in [3.8, 4) is 11.3 Å². The van der Waals surface area contributed by atoms with E-state index in [9.17, 15) is 14.0 Å². The Morgan fingerprint density at radius 2 is 1.89 bits per heavy atom. The second-order valence-corrected chi connectivity index (χ2v) is 9.87. The number of carbonyl (C=O) groups is 2. The number of nitrogens with zero attached hydrogens (tertiary/aromatic N) is 4. The van der Waals surface area contributed by atoms with Gasteiger partial charge < -0.3 is 10.0 Å². The second-order valence-electron chi connectivity index (χ2n) is 9.87. The standard InChI is InChI=1S/C28H27FN4O3/c1-5-18-13-24(26(34)32-15-28(3,4)21-9-7-6-8-19(21)16(32)2)30-25-14-23(31-33(18)25)20-11-10-17(27(35)36)12-22(20)29/h6-14,16H,5,15H2,1-4H3,(H,35,36). The molecule has 2 aromatic heterocycles. The van der Waals surface area contributed by atoms with E-state index in [2.05, 4.69) is 36.1 Å². The van der Waals surface area contributed by atoms with Crippen molar-refractivity contribution >= 4 is 17.5 Å². The molecule has 5 rings (SSSR count). The number of carboxylic acids is 1. The number of amides is 1. The van der Waals surface area contributed by atoms with Gasteiger partial charge in [-0.25, -0.2) is 18.7 Å². The summed E-state index contributed by atoms with van der Waals surface area (Å²) in [6, 6.07) is 15.2. The number of aromatic nitrogens is 3. The number of aryl methyl sites for hydroxylation is 1. The molecule has 0 bridgehead atoms. The lowest BCUT2D eigenvalue weighted by atomic mass is 9.76. The van der Waals surface area contributed by atoms with E-state index in [1.54, 1.807) is 16.6 Å². The van der Waals surface area contributed by atoms with Crippen molar-refractivity contribution in [3.05, 3.63) is 88.5 Å². The van der Waals surface area contributed by atoms with Crippen LogP contribution in [0.2, 0.25) is 0 Å². The van der Waals surface area contributed by atoms with Crippen molar-refractivity contribution in [2.45, 2.75) is 45.6 Å². The molecule has 0 saturated carbocycles. The van der Waals surface area contributed by atoms with Crippen molar-refractivity contribution in [1.82, 2.24) is 19.5 Å². The smallest absolute Gasteiger partial charge is 0.335 e. The minimum Gasteiger partial charge on any atom is -0.478 e. The van der Waals surface area contributed by atoms with Crippen LogP contribution >= 0.6 is 0 Å². The van der Waals surface area contributed by atoms with E-state index < -0.39 is 11.8 Å². The van der Waals surface area contributed by atoms with E-state index in [0.29, 0.717) is 30.0 Å². The summed E-state index contributed by atoms with van der Waals surface area (Å²) in [6.07, 6.45) is 0.588. The molecule has 1 atom stereocenters. The van der Waals surface area contributed by atoms with Crippen LogP contribution in [0.5, 0.6) is 0 Å². The monoisotopic (exact) mass is 486 g/mol. The molecule has 0 aliphatic carbocycles. The highest BCUT2D eigenvalue weighted by atomic mass is 19.1. The summed E-state index contributed by atoms with van der Waals surface area (Å²) in [4.78, 5) is 31.4. The number of hydrogen-bond donors (Lipinski definition) is 1. The lowest BCUT2D eigenvalue weighted by molar-refractivity contribution is 0.0608. The average molecular weight is 487 g/mol. The van der Waals surface area contributed by atoms with Gasteiger partial charge in [-0.3, -0.25) is 4.79 Å². The molecule has 0 spiro atoms. The maximum Gasteiger partial charge on any atom is 0.335 e. The first-order chi connectivity index (χ1) is 17.1. The number of aromatic carboxylic acids is 1. The van der Waals surface area contributed by atoms with Gasteiger partial charge in [0.2, 0.25) is 0 Å². The number of carbonyl (C=O) groups excluding carboxylic acids is 1. The van der Waals surface area contributed by atoms with Gasteiger partial charge in [0.15, 0.2) is 5.65 Å². The highest BCUT2D eigenvalue weighted by Crippen LogP contribution is 2.40. The number of hydrogen-bond acceptors (Lipinski definition) is 4. The van der Waals surface area contributed by atoms with E-state index in [-0.39, 0.29) is 28.5 Å². The number of fused-ring (bicyclic) bond motifs is 2. The van der Waals surface area contributed by atoms with Gasteiger partial charge >= 0.3 is 5.97 Å². The second kappa shape index (κ2) is 8.55. The van der Waals surface area contributed by atoms with Crippen LogP contribution in [0, 0.1) is 5.82 Å². The third-order valence-corrected chi connectivity index (χ3v) is 7.01. The number of rotatable bonds is 4. The largest absolute Gasteiger partial charge is 0.478 e. The molecule has 1 unspecified atom stereocenters. The summed E-state index contributed by atoms with van der Waals surface area (Å²) in [5, 5.41) is 13.6. The molecule has 0 saturated heterocycles. The van der Waals surface area contributed by atoms with Crippen molar-refractivity contribution in [3.63, 3.8) is 0 Å². The fourth-order valence-electron chi connectivity index (χ4n) is 5.07. The first kappa shape index (κ1) is 23.7. The van der Waals surface area contributed by atoms with Gasteiger partial charge in [-0.1, -0.05) is 45.0 Å². The molecular formula is C28H27FN4O3. The molecule has 3 heterocycles. The van der Waals surface area contributed by atoms with Crippen LogP contribution in [0.3, 0.4) is 0 Å². The van der Waals surface area contributed by atoms with Crippen LogP contribution < -0.4 is 0 Å². The first-order valence-electron chi connectivity index (χ1n) is 11.9. The molecule has 7 nitrogen and oxygen atoms in total. The molecule has 1 aliphatic rings. The van der Waals surface area contributed by atoms with Crippen LogP contribution in [-0.2, 0) is 11.8 Å². The molecule has 8 heteroatoms. The molecule has 2 aromatic carbocycles. The van der Waals surface area contributed by atoms with Gasteiger partial charge in [-0.05, 0) is 48.7 Å². The van der Waals surface area contributed by atoms with Crippen LogP contribution in [-0.4, -0.2) is 43.0 Å². The normalized spacial score (nSPS) is 16.7. The van der Waals surface area contributed by atoms with Gasteiger partial charge in [-0.15, -0.1) is 0 Å². The SMILES string of the molecule is CCc1cc(C(=O)N2CC(C)(C)c3ccccc3C2C)nc2cc(-c3ccc(C(=O)O)cc3F)nn12. The minimum absolute atomic E-state index is 0.104. The summed E-state index contributed by atoms with van der Waals surface area (Å²) in [6.45, 7) is 8.82. The van der Waals surface area contributed by atoms with Crippen molar-refractivity contribution in [1.29, 1.82) is 0 Å². The fourth-order valence-corrected chi connectivity index (χ4v) is 5.07. The number of carboxylic acid groups (broad SMARTS) is 1. The Kier molecular flexibility index (Phi) is 5.62. The Morgan fingerprint density at radius 3 is 2.58 bits per heavy atom. The Hall–Kier alpha value is -4.07. The third-order valence-electron chi connectivity index (χ3n) is 7.01. The summed E-state index contributed by atoms with van der Waals surface area (Å²) in [7, 11) is 0. The van der Waals surface area contributed by atoms with Gasteiger partial charge in [0, 0.05) is 29.3 Å². The Bertz CT molecular complexity index is 1520. The molecule has 36 heavy (non-hydrogen) atoms. The zero-order valence-corrected chi connectivity index (χ0v) is 20.6. The molecule has 1 aliphatic heterocycles. The molecule has 4 aromatic rings. The summed E-state index contributed by atoms with van der Waals surface area (Å²) in [5.74, 6) is -2.05. The van der Waals surface area contributed by atoms with Gasteiger partial charge in [0.25, 0.3) is 5.91 Å². The molecule has 184 valence electrons. The van der Waals surface area contributed by atoms with Crippen molar-refractivity contribution in [2.24, 2.45) is 0 Å². The predicted molar refractivity (Wildman–Crippen MR) is 134 cm³/mol. The van der Waals surface area contributed by atoms with Crippen LogP contribution in [0.25, 0.3) is 16.9 Å². The first-order valence-corrected chi connectivity index (χ1v) is 11.9. The maximum atomic E-state index is 14.7. The van der Waals surface area contributed by atoms with E-state index in [1.165, 1.54) is 17.7 Å². The van der Waals surface area contributed by atoms with E-state index in [4.69, 9.17) is 5.11 Å². The van der Waals surface area contributed by atoms with Crippen molar-refractivity contribution in [2.75, 3.05) is 6.54 Å². The fraction of sp³-hybridized carbons (Fsp3) is 0.286. The van der Waals surface area contributed by atoms with Crippen LogP contribution in [0.4, 0.5) is 4.39 Å². The van der Waals surface area contributed by atoms with Gasteiger partial charge in [-0.2, -0.15) is 5.10 Å². The highest BCUT2D eigenvalue weighted by Gasteiger charge is 2.38. The van der Waals surface area contributed by atoms with E-state index >= 15 is 0 Å². The average Bonchev–Trinajstić information content (AvgIpc) is 3.29. The number of benzene rings is 2. The molecular weight excluding hydrogens is 459 g/mol. The summed E-state index contributed by atoms with van der Waals surface area (Å²) >= 11 is 0. The van der Waals surface area contributed by atoms with Crippen LogP contribution in [0.1, 0.15) is 71.4 Å². The predicted octanol–water partition coefficient (Wildman–Crippen LogP) is 5.29. The zero-order valence-electron chi connectivity index (χ0n) is 20.6. The molecule has 1 N–H and O–H groups in total. The number of halogens is 1. The van der Waals surface area contributed by atoms with E-state index in [1.807, 2.05) is 30.9 Å². The molecule has 1 amide bonds. The minimum atomic E-state index is -1.20. The maximum absolute atomic E-state index is 14.7. The Labute approximate surface area is 208 Å². The summed E-state index contributed by atoms with van der Waals surface area (Å²) < 4.78 is 16.3. The topological polar surface area (TPSA) is 87.8 Å². The Morgan fingerprint density at radius 1 is 1.14 bits per heavy atom. The van der Waals surface area contributed by atoms with Crippen molar-refractivity contribution < 1.29 is 19.1 Å². The lowest BCUT2D eigenvalue weighted by Crippen LogP contribution is -2.47. The third kappa shape index (κ3) is 3.82. The van der Waals surface area contributed by atoms with Crippen LogP contribution in [0.15, 0.2) is 54.6 Å². The zero-order chi connectivity index (χ0) is 25.8. The lowest BCUT2D eigenvalue weighted by Gasteiger charge is -2.44. The molecule has 0 radical (unpaired) electrons. The molecule has 0 fully saturated rings. The highest BCUT2D eigenvalue weighted by molar-refractivity contribution is 5.94. The quantitative estimate of drug-likeness (QED) is 0.423. The van der Waals surface area contributed by atoms with Gasteiger partial charge in [0.1, 0.15) is 11.5 Å². The summed E-state index contributed by atoms with van der Waals surface area (Å²) in [5.41, 5.74) is 4.03. The van der Waals surface area contributed by atoms with Gasteiger partial charge in [0.05, 0.1) is 17.3 Å².